The van der Waals surface area contributed by atoms with Crippen molar-refractivity contribution in [2.75, 3.05) is 11.1 Å². The van der Waals surface area contributed by atoms with E-state index in [1.165, 1.54) is 11.8 Å². The summed E-state index contributed by atoms with van der Waals surface area (Å²) in [5.41, 5.74) is 2.43. The summed E-state index contributed by atoms with van der Waals surface area (Å²) in [5, 5.41) is 4.13. The summed E-state index contributed by atoms with van der Waals surface area (Å²) in [6.45, 7) is 6.80. The minimum absolute atomic E-state index is 0.0481. The topological polar surface area (TPSA) is 64.0 Å². The largest absolute Gasteiger partial charge is 0.325 e. The van der Waals surface area contributed by atoms with Gasteiger partial charge in [-0.05, 0) is 43.0 Å². The third-order valence-corrected chi connectivity index (χ3v) is 5.48. The highest BCUT2D eigenvalue weighted by Gasteiger charge is 2.14. The molecule has 28 heavy (non-hydrogen) atoms. The molecule has 0 saturated carbocycles. The Morgan fingerprint density at radius 1 is 1.14 bits per heavy atom. The first-order chi connectivity index (χ1) is 13.5. The van der Waals surface area contributed by atoms with Crippen molar-refractivity contribution >= 4 is 34.3 Å². The Morgan fingerprint density at radius 2 is 1.86 bits per heavy atom. The molecule has 0 bridgehead atoms. The normalized spacial score (nSPS) is 11.1. The maximum Gasteiger partial charge on any atom is 0.262 e. The van der Waals surface area contributed by atoms with E-state index in [-0.39, 0.29) is 17.2 Å². The Balaban J connectivity index is 1.82. The lowest BCUT2D eigenvalue weighted by molar-refractivity contribution is -0.113. The van der Waals surface area contributed by atoms with E-state index in [2.05, 4.69) is 24.1 Å². The zero-order valence-electron chi connectivity index (χ0n) is 16.4. The van der Waals surface area contributed by atoms with Crippen LogP contribution in [-0.2, 0) is 11.3 Å². The third-order valence-electron chi connectivity index (χ3n) is 4.51. The van der Waals surface area contributed by atoms with Gasteiger partial charge in [-0.15, -0.1) is 0 Å². The van der Waals surface area contributed by atoms with E-state index in [0.29, 0.717) is 28.5 Å². The predicted octanol–water partition coefficient (Wildman–Crippen LogP) is 4.48. The van der Waals surface area contributed by atoms with Gasteiger partial charge in [0.1, 0.15) is 0 Å². The standard InChI is InChI=1S/C22H25N3O2S/c1-15(2)12-13-25-21(27)17-9-5-7-11-19(17)24-22(25)28-14-20(26)23-18-10-6-4-8-16(18)3/h4-11,15H,12-14H2,1-3H3,(H,23,26). The quantitative estimate of drug-likeness (QED) is 0.473. The molecule has 0 fully saturated rings. The van der Waals surface area contributed by atoms with Crippen molar-refractivity contribution in [2.45, 2.75) is 38.9 Å². The van der Waals surface area contributed by atoms with Crippen LogP contribution in [0, 0.1) is 12.8 Å². The van der Waals surface area contributed by atoms with Gasteiger partial charge < -0.3 is 5.32 Å². The molecule has 0 atom stereocenters. The third kappa shape index (κ3) is 4.81. The Morgan fingerprint density at radius 3 is 2.61 bits per heavy atom. The van der Waals surface area contributed by atoms with Crippen molar-refractivity contribution in [1.29, 1.82) is 0 Å². The number of benzene rings is 2. The van der Waals surface area contributed by atoms with E-state index in [0.717, 1.165) is 17.7 Å². The molecule has 6 heteroatoms. The highest BCUT2D eigenvalue weighted by Crippen LogP contribution is 2.20. The van der Waals surface area contributed by atoms with Gasteiger partial charge in [-0.25, -0.2) is 4.98 Å². The van der Waals surface area contributed by atoms with Crippen LogP contribution in [0.25, 0.3) is 10.9 Å². The smallest absolute Gasteiger partial charge is 0.262 e. The number of hydrogen-bond donors (Lipinski definition) is 1. The van der Waals surface area contributed by atoms with Gasteiger partial charge in [0, 0.05) is 12.2 Å². The number of rotatable bonds is 7. The fraction of sp³-hybridized carbons (Fsp3) is 0.318. The van der Waals surface area contributed by atoms with Crippen molar-refractivity contribution in [3.63, 3.8) is 0 Å². The molecular formula is C22H25N3O2S. The van der Waals surface area contributed by atoms with Crippen LogP contribution in [0.3, 0.4) is 0 Å². The molecule has 1 heterocycles. The molecule has 0 aliphatic heterocycles. The Labute approximate surface area is 169 Å². The highest BCUT2D eigenvalue weighted by molar-refractivity contribution is 7.99. The van der Waals surface area contributed by atoms with Crippen LogP contribution in [0.1, 0.15) is 25.8 Å². The van der Waals surface area contributed by atoms with Crippen LogP contribution in [0.4, 0.5) is 5.69 Å². The number of carbonyl (C=O) groups excluding carboxylic acids is 1. The molecular weight excluding hydrogens is 370 g/mol. The monoisotopic (exact) mass is 395 g/mol. The van der Waals surface area contributed by atoms with E-state index in [9.17, 15) is 9.59 Å². The minimum atomic E-state index is -0.114. The van der Waals surface area contributed by atoms with E-state index in [4.69, 9.17) is 0 Å². The molecule has 146 valence electrons. The lowest BCUT2D eigenvalue weighted by Crippen LogP contribution is -2.25. The Bertz CT molecular complexity index is 1040. The average molecular weight is 396 g/mol. The maximum atomic E-state index is 13.0. The van der Waals surface area contributed by atoms with Crippen LogP contribution >= 0.6 is 11.8 Å². The number of amides is 1. The van der Waals surface area contributed by atoms with Gasteiger partial charge >= 0.3 is 0 Å². The molecule has 3 aromatic rings. The number of aryl methyl sites for hydroxylation is 1. The zero-order chi connectivity index (χ0) is 20.1. The summed E-state index contributed by atoms with van der Waals surface area (Å²) >= 11 is 1.30. The number of carbonyl (C=O) groups is 1. The van der Waals surface area contributed by atoms with Gasteiger partial charge in [0.25, 0.3) is 5.56 Å². The van der Waals surface area contributed by atoms with E-state index < -0.39 is 0 Å². The summed E-state index contributed by atoms with van der Waals surface area (Å²) in [6, 6.07) is 15.0. The Hall–Kier alpha value is -2.60. The zero-order valence-corrected chi connectivity index (χ0v) is 17.3. The molecule has 0 aliphatic carbocycles. The number of thioether (sulfide) groups is 1. The van der Waals surface area contributed by atoms with E-state index in [1.54, 1.807) is 10.6 Å². The fourth-order valence-electron chi connectivity index (χ4n) is 2.87. The summed E-state index contributed by atoms with van der Waals surface area (Å²) in [6.07, 6.45) is 0.878. The number of aromatic nitrogens is 2. The fourth-order valence-corrected chi connectivity index (χ4v) is 3.70. The lowest BCUT2D eigenvalue weighted by Gasteiger charge is -2.14. The van der Waals surface area contributed by atoms with Crippen molar-refractivity contribution in [3.8, 4) is 0 Å². The summed E-state index contributed by atoms with van der Waals surface area (Å²) in [4.78, 5) is 30.0. The highest BCUT2D eigenvalue weighted by atomic mass is 32.2. The van der Waals surface area contributed by atoms with Crippen molar-refractivity contribution in [3.05, 3.63) is 64.4 Å². The van der Waals surface area contributed by atoms with Crippen molar-refractivity contribution < 1.29 is 4.79 Å². The van der Waals surface area contributed by atoms with Crippen molar-refractivity contribution in [1.82, 2.24) is 9.55 Å². The minimum Gasteiger partial charge on any atom is -0.325 e. The van der Waals surface area contributed by atoms with Gasteiger partial charge in [-0.3, -0.25) is 14.2 Å². The van der Waals surface area contributed by atoms with Crippen LogP contribution in [0.2, 0.25) is 0 Å². The molecule has 0 spiro atoms. The van der Waals surface area contributed by atoms with Crippen LogP contribution in [-0.4, -0.2) is 21.2 Å². The van der Waals surface area contributed by atoms with Crippen LogP contribution < -0.4 is 10.9 Å². The number of nitrogens with one attached hydrogen (secondary N) is 1. The van der Waals surface area contributed by atoms with Crippen LogP contribution in [0.5, 0.6) is 0 Å². The molecule has 2 aromatic carbocycles. The number of anilines is 1. The molecule has 0 unspecified atom stereocenters. The van der Waals surface area contributed by atoms with E-state index in [1.807, 2.05) is 49.4 Å². The molecule has 3 rings (SSSR count). The summed E-state index contributed by atoms with van der Waals surface area (Å²) < 4.78 is 1.70. The summed E-state index contributed by atoms with van der Waals surface area (Å²) in [5.74, 6) is 0.554. The van der Waals surface area contributed by atoms with E-state index >= 15 is 0 Å². The van der Waals surface area contributed by atoms with Gasteiger partial charge in [-0.1, -0.05) is 55.9 Å². The number of fused-ring (bicyclic) bond motifs is 1. The number of nitrogens with zero attached hydrogens (tertiary/aromatic N) is 2. The van der Waals surface area contributed by atoms with Gasteiger partial charge in [-0.2, -0.15) is 0 Å². The molecule has 0 aliphatic rings. The van der Waals surface area contributed by atoms with Gasteiger partial charge in [0.05, 0.1) is 16.7 Å². The number of para-hydroxylation sites is 2. The number of hydrogen-bond acceptors (Lipinski definition) is 4. The predicted molar refractivity (Wildman–Crippen MR) is 116 cm³/mol. The second-order valence-corrected chi connectivity index (χ2v) is 8.15. The van der Waals surface area contributed by atoms with Crippen LogP contribution in [0.15, 0.2) is 58.5 Å². The van der Waals surface area contributed by atoms with Crippen molar-refractivity contribution in [2.24, 2.45) is 5.92 Å². The molecule has 5 nitrogen and oxygen atoms in total. The summed E-state index contributed by atoms with van der Waals surface area (Å²) in [7, 11) is 0. The maximum absolute atomic E-state index is 13.0. The molecule has 0 saturated heterocycles. The first-order valence-corrected chi connectivity index (χ1v) is 10.4. The molecule has 1 amide bonds. The second kappa shape index (κ2) is 9.06. The molecule has 1 aromatic heterocycles. The second-order valence-electron chi connectivity index (χ2n) is 7.20. The molecule has 0 radical (unpaired) electrons. The first-order valence-electron chi connectivity index (χ1n) is 9.43. The molecule has 1 N–H and O–H groups in total. The Kier molecular flexibility index (Phi) is 6.52. The van der Waals surface area contributed by atoms with Gasteiger partial charge in [0.15, 0.2) is 5.16 Å². The first kappa shape index (κ1) is 20.1. The lowest BCUT2D eigenvalue weighted by atomic mass is 10.1. The van der Waals surface area contributed by atoms with Gasteiger partial charge in [0.2, 0.25) is 5.91 Å². The average Bonchev–Trinajstić information content (AvgIpc) is 2.67. The SMILES string of the molecule is Cc1ccccc1NC(=O)CSc1nc2ccccc2c(=O)n1CCC(C)C.